The molecule has 0 aliphatic carbocycles. The van der Waals surface area contributed by atoms with Gasteiger partial charge in [0, 0.05) is 44.0 Å². The normalized spacial score (nSPS) is 14.1. The zero-order valence-electron chi connectivity index (χ0n) is 14.9. The summed E-state index contributed by atoms with van der Waals surface area (Å²) in [6.45, 7) is -0.974. The van der Waals surface area contributed by atoms with Crippen LogP contribution >= 0.6 is 0 Å². The second-order valence-corrected chi connectivity index (χ2v) is 6.56. The van der Waals surface area contributed by atoms with Crippen LogP contribution in [0.25, 0.3) is 11.4 Å². The van der Waals surface area contributed by atoms with Crippen molar-refractivity contribution in [3.63, 3.8) is 0 Å². The first-order valence-electron chi connectivity index (χ1n) is 8.87. The molecule has 0 bridgehead atoms. The summed E-state index contributed by atoms with van der Waals surface area (Å²) >= 11 is 0. The Balaban J connectivity index is 1.48. The fourth-order valence-corrected chi connectivity index (χ4v) is 3.30. The second kappa shape index (κ2) is 7.85. The Kier molecular flexibility index (Phi) is 5.12. The lowest BCUT2D eigenvalue weighted by atomic mass is 10.1. The number of nitrogens with one attached hydrogen (secondary N) is 1. The average molecular weight is 384 g/mol. The molecular formula is C20H18F2N4O2. The van der Waals surface area contributed by atoms with E-state index in [1.54, 1.807) is 36.7 Å². The lowest BCUT2D eigenvalue weighted by Gasteiger charge is -2.27. The number of nitrogens with zero attached hydrogens (tertiary/aromatic N) is 3. The Morgan fingerprint density at radius 1 is 1.14 bits per heavy atom. The topological polar surface area (TPSA) is 71.1 Å². The van der Waals surface area contributed by atoms with Crippen molar-refractivity contribution in [2.45, 2.75) is 26.1 Å². The van der Waals surface area contributed by atoms with Crippen LogP contribution in [0.5, 0.6) is 5.75 Å². The SMILES string of the molecule is O=c1[nH]c(-c2ccncc2)nc2c1CN(Cc1ccc(OC(F)F)cc1)CC2. The molecule has 0 unspecified atom stereocenters. The van der Waals surface area contributed by atoms with Crippen molar-refractivity contribution in [1.82, 2.24) is 19.9 Å². The molecule has 8 heteroatoms. The van der Waals surface area contributed by atoms with E-state index in [1.165, 1.54) is 12.1 Å². The van der Waals surface area contributed by atoms with Crippen LogP contribution in [-0.4, -0.2) is 33.0 Å². The fourth-order valence-electron chi connectivity index (χ4n) is 3.30. The first kappa shape index (κ1) is 18.2. The number of pyridine rings is 1. The number of H-pyrrole nitrogens is 1. The maximum Gasteiger partial charge on any atom is 0.387 e. The van der Waals surface area contributed by atoms with Gasteiger partial charge in [-0.1, -0.05) is 12.1 Å². The molecule has 0 radical (unpaired) electrons. The number of aromatic amines is 1. The van der Waals surface area contributed by atoms with Crippen molar-refractivity contribution in [2.24, 2.45) is 0 Å². The van der Waals surface area contributed by atoms with E-state index in [0.29, 0.717) is 30.9 Å². The molecule has 0 amide bonds. The highest BCUT2D eigenvalue weighted by molar-refractivity contribution is 5.54. The summed E-state index contributed by atoms with van der Waals surface area (Å²) in [5, 5.41) is 0. The molecule has 0 spiro atoms. The number of hydrogen-bond acceptors (Lipinski definition) is 5. The molecular weight excluding hydrogens is 366 g/mol. The van der Waals surface area contributed by atoms with Crippen molar-refractivity contribution in [2.75, 3.05) is 6.54 Å². The summed E-state index contributed by atoms with van der Waals surface area (Å²) in [5.74, 6) is 0.682. The van der Waals surface area contributed by atoms with Gasteiger partial charge in [-0.3, -0.25) is 14.7 Å². The summed E-state index contributed by atoms with van der Waals surface area (Å²) in [6.07, 6.45) is 3.99. The van der Waals surface area contributed by atoms with Gasteiger partial charge in [-0.05, 0) is 29.8 Å². The van der Waals surface area contributed by atoms with E-state index in [1.807, 2.05) is 0 Å². The zero-order chi connectivity index (χ0) is 19.5. The van der Waals surface area contributed by atoms with Gasteiger partial charge in [-0.2, -0.15) is 8.78 Å². The first-order chi connectivity index (χ1) is 13.6. The number of halogens is 2. The van der Waals surface area contributed by atoms with Crippen LogP contribution in [0.15, 0.2) is 53.6 Å². The minimum absolute atomic E-state index is 0.132. The first-order valence-corrected chi connectivity index (χ1v) is 8.87. The lowest BCUT2D eigenvalue weighted by Crippen LogP contribution is -2.35. The van der Waals surface area contributed by atoms with Crippen LogP contribution in [0.2, 0.25) is 0 Å². The standard InChI is InChI=1S/C20H18F2N4O2/c21-20(22)28-15-3-1-13(2-4-15)11-26-10-7-17-16(12-26)19(27)25-18(24-17)14-5-8-23-9-6-14/h1-6,8-9,20H,7,10-12H2,(H,24,25,27). The van der Waals surface area contributed by atoms with E-state index in [9.17, 15) is 13.6 Å². The maximum atomic E-state index is 12.6. The molecule has 3 aromatic rings. The highest BCUT2D eigenvalue weighted by atomic mass is 19.3. The van der Waals surface area contributed by atoms with Gasteiger partial charge < -0.3 is 9.72 Å². The number of aromatic nitrogens is 3. The number of alkyl halides is 2. The number of hydrogen-bond donors (Lipinski definition) is 1. The molecule has 28 heavy (non-hydrogen) atoms. The molecule has 1 aliphatic rings. The molecule has 0 saturated heterocycles. The summed E-state index contributed by atoms with van der Waals surface area (Å²) < 4.78 is 28.8. The molecule has 0 fully saturated rings. The Morgan fingerprint density at radius 3 is 2.61 bits per heavy atom. The third-order valence-electron chi connectivity index (χ3n) is 4.66. The van der Waals surface area contributed by atoms with Crippen LogP contribution in [0.1, 0.15) is 16.8 Å². The molecule has 1 aliphatic heterocycles. The van der Waals surface area contributed by atoms with Crippen molar-refractivity contribution in [1.29, 1.82) is 0 Å². The molecule has 144 valence electrons. The largest absolute Gasteiger partial charge is 0.435 e. The molecule has 1 aromatic carbocycles. The number of fused-ring (bicyclic) bond motifs is 1. The maximum absolute atomic E-state index is 12.6. The summed E-state index contributed by atoms with van der Waals surface area (Å²) in [4.78, 5) is 26.2. The van der Waals surface area contributed by atoms with Crippen molar-refractivity contribution in [3.8, 4) is 17.1 Å². The van der Waals surface area contributed by atoms with Gasteiger partial charge in [-0.25, -0.2) is 4.98 Å². The van der Waals surface area contributed by atoms with Gasteiger partial charge >= 0.3 is 6.61 Å². The minimum atomic E-state index is -2.83. The van der Waals surface area contributed by atoms with E-state index >= 15 is 0 Å². The van der Waals surface area contributed by atoms with E-state index in [4.69, 9.17) is 0 Å². The predicted molar refractivity (Wildman–Crippen MR) is 99.0 cm³/mol. The van der Waals surface area contributed by atoms with Gasteiger partial charge in [0.25, 0.3) is 5.56 Å². The van der Waals surface area contributed by atoms with Crippen molar-refractivity contribution >= 4 is 0 Å². The van der Waals surface area contributed by atoms with Gasteiger partial charge in [0.05, 0.1) is 11.3 Å². The zero-order valence-corrected chi connectivity index (χ0v) is 14.9. The highest BCUT2D eigenvalue weighted by Crippen LogP contribution is 2.21. The van der Waals surface area contributed by atoms with Crippen LogP contribution < -0.4 is 10.3 Å². The van der Waals surface area contributed by atoms with E-state index in [-0.39, 0.29) is 11.3 Å². The molecule has 0 saturated carbocycles. The second-order valence-electron chi connectivity index (χ2n) is 6.56. The van der Waals surface area contributed by atoms with Gasteiger partial charge in [-0.15, -0.1) is 0 Å². The quantitative estimate of drug-likeness (QED) is 0.732. The highest BCUT2D eigenvalue weighted by Gasteiger charge is 2.21. The molecule has 1 N–H and O–H groups in total. The minimum Gasteiger partial charge on any atom is -0.435 e. The Labute approximate surface area is 159 Å². The Bertz CT molecular complexity index is 1010. The third kappa shape index (κ3) is 4.07. The van der Waals surface area contributed by atoms with Gasteiger partial charge in [0.15, 0.2) is 0 Å². The van der Waals surface area contributed by atoms with Crippen molar-refractivity contribution in [3.05, 3.63) is 76.0 Å². The van der Waals surface area contributed by atoms with Gasteiger partial charge in [0.1, 0.15) is 11.6 Å². The molecule has 6 nitrogen and oxygen atoms in total. The molecule has 0 atom stereocenters. The number of benzene rings is 1. The van der Waals surface area contributed by atoms with Crippen LogP contribution in [0, 0.1) is 0 Å². The van der Waals surface area contributed by atoms with Crippen LogP contribution in [0.4, 0.5) is 8.78 Å². The van der Waals surface area contributed by atoms with E-state index < -0.39 is 6.61 Å². The van der Waals surface area contributed by atoms with Crippen LogP contribution in [-0.2, 0) is 19.5 Å². The van der Waals surface area contributed by atoms with Crippen LogP contribution in [0.3, 0.4) is 0 Å². The van der Waals surface area contributed by atoms with E-state index in [0.717, 1.165) is 23.4 Å². The number of rotatable bonds is 5. The van der Waals surface area contributed by atoms with E-state index in [2.05, 4.69) is 24.6 Å². The Morgan fingerprint density at radius 2 is 1.89 bits per heavy atom. The lowest BCUT2D eigenvalue weighted by molar-refractivity contribution is -0.0498. The molecule has 2 aromatic heterocycles. The average Bonchev–Trinajstić information content (AvgIpc) is 2.70. The third-order valence-corrected chi connectivity index (χ3v) is 4.66. The summed E-state index contributed by atoms with van der Waals surface area (Å²) in [7, 11) is 0. The smallest absolute Gasteiger partial charge is 0.387 e. The summed E-state index contributed by atoms with van der Waals surface area (Å²) in [5.41, 5.74) is 3.13. The van der Waals surface area contributed by atoms with Crippen molar-refractivity contribution < 1.29 is 13.5 Å². The summed E-state index contributed by atoms with van der Waals surface area (Å²) in [6, 6.07) is 10.2. The predicted octanol–water partition coefficient (Wildman–Crippen LogP) is 2.99. The Hall–Kier alpha value is -3.13. The molecule has 4 rings (SSSR count). The fraction of sp³-hybridized carbons (Fsp3) is 0.250. The van der Waals surface area contributed by atoms with Gasteiger partial charge in [0.2, 0.25) is 0 Å². The molecule has 3 heterocycles. The monoisotopic (exact) mass is 384 g/mol. The number of ether oxygens (including phenoxy) is 1.